The minimum Gasteiger partial charge on any atom is -0.507 e. The number of aliphatic carboxylic acids is 1. The van der Waals surface area contributed by atoms with Crippen molar-refractivity contribution in [3.63, 3.8) is 0 Å². The number of hydrogen-bond donors (Lipinski definition) is 4. The number of hydrogen-bond acceptors (Lipinski definition) is 4. The molecule has 4 N–H and O–H groups in total. The monoisotopic (exact) mass is 253 g/mol. The largest absolute Gasteiger partial charge is 0.507 e. The van der Waals surface area contributed by atoms with E-state index in [0.29, 0.717) is 0 Å². The van der Waals surface area contributed by atoms with Gasteiger partial charge in [0.25, 0.3) is 5.91 Å². The van der Waals surface area contributed by atoms with Gasteiger partial charge < -0.3 is 20.6 Å². The minimum absolute atomic E-state index is 0.0728. The number of phenols is 1. The maximum absolute atomic E-state index is 11.7. The first-order chi connectivity index (χ1) is 8.32. The zero-order chi connectivity index (χ0) is 13.8. The highest BCUT2D eigenvalue weighted by Gasteiger charge is 2.25. The molecule has 0 bridgehead atoms. The third-order valence-corrected chi connectivity index (χ3v) is 2.31. The molecule has 1 aromatic rings. The number of nitrogens with one attached hydrogen (secondary N) is 1. The average Bonchev–Trinajstić information content (AvgIpc) is 2.25. The van der Waals surface area contributed by atoms with Crippen molar-refractivity contribution in [3.8, 4) is 5.75 Å². The Bertz CT molecular complexity index is 456. The van der Waals surface area contributed by atoms with E-state index < -0.39 is 23.9 Å². The number of aliphatic hydroxyl groups is 1. The fraction of sp³-hybridized carbons (Fsp3) is 0.333. The molecule has 0 saturated heterocycles. The highest BCUT2D eigenvalue weighted by atomic mass is 16.4. The van der Waals surface area contributed by atoms with Gasteiger partial charge in [-0.1, -0.05) is 12.1 Å². The number of amides is 1. The molecule has 0 spiro atoms. The van der Waals surface area contributed by atoms with E-state index in [4.69, 9.17) is 5.11 Å². The van der Waals surface area contributed by atoms with Crippen LogP contribution >= 0.6 is 0 Å². The van der Waals surface area contributed by atoms with Crippen molar-refractivity contribution in [2.45, 2.75) is 18.9 Å². The van der Waals surface area contributed by atoms with E-state index in [2.05, 4.69) is 5.32 Å². The summed E-state index contributed by atoms with van der Waals surface area (Å²) >= 11 is 0. The molecular weight excluding hydrogens is 238 g/mol. The molecule has 0 fully saturated rings. The Balaban J connectivity index is 2.62. The number of aromatic hydroxyl groups is 1. The van der Waals surface area contributed by atoms with Gasteiger partial charge in [0.2, 0.25) is 0 Å². The van der Waals surface area contributed by atoms with Gasteiger partial charge in [0.15, 0.2) is 0 Å². The van der Waals surface area contributed by atoms with Crippen molar-refractivity contribution in [2.75, 3.05) is 6.54 Å². The number of carbonyl (C=O) groups is 2. The molecule has 0 aliphatic heterocycles. The van der Waals surface area contributed by atoms with Crippen LogP contribution < -0.4 is 5.32 Å². The van der Waals surface area contributed by atoms with Crippen LogP contribution in [-0.2, 0) is 4.79 Å². The molecule has 6 nitrogen and oxygen atoms in total. The maximum atomic E-state index is 11.7. The summed E-state index contributed by atoms with van der Waals surface area (Å²) in [5.74, 6) is -1.90. The lowest BCUT2D eigenvalue weighted by molar-refractivity contribution is -0.141. The summed E-state index contributed by atoms with van der Waals surface area (Å²) in [6.07, 6.45) is -0.478. The predicted molar refractivity (Wildman–Crippen MR) is 63.3 cm³/mol. The molecule has 1 atom stereocenters. The molecule has 0 heterocycles. The number of carboxylic acids is 1. The third kappa shape index (κ3) is 4.06. The Morgan fingerprint density at radius 3 is 2.50 bits per heavy atom. The van der Waals surface area contributed by atoms with Crippen LogP contribution in [0.1, 0.15) is 23.7 Å². The van der Waals surface area contributed by atoms with Crippen molar-refractivity contribution >= 4 is 11.9 Å². The van der Waals surface area contributed by atoms with E-state index in [-0.39, 0.29) is 17.9 Å². The van der Waals surface area contributed by atoms with Crippen LogP contribution in [0.3, 0.4) is 0 Å². The molecule has 1 amide bonds. The van der Waals surface area contributed by atoms with Crippen molar-refractivity contribution in [1.82, 2.24) is 5.32 Å². The summed E-state index contributed by atoms with van der Waals surface area (Å²) in [4.78, 5) is 22.1. The van der Waals surface area contributed by atoms with Crippen LogP contribution in [0.25, 0.3) is 0 Å². The summed E-state index contributed by atoms with van der Waals surface area (Å²) in [7, 11) is 0. The van der Waals surface area contributed by atoms with Crippen LogP contribution in [0.4, 0.5) is 0 Å². The second-order valence-corrected chi connectivity index (χ2v) is 4.27. The second-order valence-electron chi connectivity index (χ2n) is 4.27. The number of benzene rings is 1. The standard InChI is InChI=1S/C12H15NO5/c1-12(18,6-10(15)16)7-13-11(17)8-4-2-3-5-9(8)14/h2-5,14,18H,6-7H2,1H3,(H,13,17)(H,15,16). The van der Waals surface area contributed by atoms with Crippen LogP contribution in [0, 0.1) is 0 Å². The van der Waals surface area contributed by atoms with Crippen molar-refractivity contribution in [3.05, 3.63) is 29.8 Å². The number of carbonyl (C=O) groups excluding carboxylic acids is 1. The zero-order valence-electron chi connectivity index (χ0n) is 9.88. The quantitative estimate of drug-likeness (QED) is 0.605. The molecule has 0 saturated carbocycles. The molecule has 0 aromatic heterocycles. The van der Waals surface area contributed by atoms with Gasteiger partial charge in [0.1, 0.15) is 5.75 Å². The Morgan fingerprint density at radius 1 is 1.33 bits per heavy atom. The van der Waals surface area contributed by atoms with Gasteiger partial charge in [-0.15, -0.1) is 0 Å². The smallest absolute Gasteiger partial charge is 0.306 e. The molecular formula is C12H15NO5. The van der Waals surface area contributed by atoms with Gasteiger partial charge in [0, 0.05) is 6.54 Å². The van der Waals surface area contributed by atoms with Crippen LogP contribution in [-0.4, -0.2) is 39.3 Å². The van der Waals surface area contributed by atoms with Crippen molar-refractivity contribution in [2.24, 2.45) is 0 Å². The van der Waals surface area contributed by atoms with Gasteiger partial charge in [-0.2, -0.15) is 0 Å². The minimum atomic E-state index is -1.54. The molecule has 18 heavy (non-hydrogen) atoms. The first-order valence-electron chi connectivity index (χ1n) is 5.32. The Kier molecular flexibility index (Phi) is 4.28. The van der Waals surface area contributed by atoms with E-state index in [1.54, 1.807) is 12.1 Å². The lowest BCUT2D eigenvalue weighted by Crippen LogP contribution is -2.42. The van der Waals surface area contributed by atoms with Crippen LogP contribution in [0.2, 0.25) is 0 Å². The average molecular weight is 253 g/mol. The molecule has 0 radical (unpaired) electrons. The highest BCUT2D eigenvalue weighted by molar-refractivity contribution is 5.96. The van der Waals surface area contributed by atoms with E-state index in [9.17, 15) is 19.8 Å². The van der Waals surface area contributed by atoms with E-state index in [1.807, 2.05) is 0 Å². The normalized spacial score (nSPS) is 13.7. The van der Waals surface area contributed by atoms with Gasteiger partial charge in [-0.25, -0.2) is 0 Å². The molecule has 1 rings (SSSR count). The Labute approximate surface area is 104 Å². The molecule has 1 aromatic carbocycles. The molecule has 1 unspecified atom stereocenters. The van der Waals surface area contributed by atoms with E-state index in [1.165, 1.54) is 19.1 Å². The van der Waals surface area contributed by atoms with Gasteiger partial charge in [0.05, 0.1) is 17.6 Å². The molecule has 0 aliphatic rings. The summed E-state index contributed by atoms with van der Waals surface area (Å²) in [6.45, 7) is 1.10. The Morgan fingerprint density at radius 2 is 1.94 bits per heavy atom. The summed E-state index contributed by atoms with van der Waals surface area (Å²) < 4.78 is 0. The first-order valence-corrected chi connectivity index (χ1v) is 5.32. The van der Waals surface area contributed by atoms with Gasteiger partial charge in [-0.3, -0.25) is 9.59 Å². The fourth-order valence-electron chi connectivity index (χ4n) is 1.42. The number of para-hydroxylation sites is 1. The summed E-state index contributed by atoms with van der Waals surface area (Å²) in [5.41, 5.74) is -1.46. The second kappa shape index (κ2) is 5.50. The molecule has 6 heteroatoms. The zero-order valence-corrected chi connectivity index (χ0v) is 9.88. The van der Waals surface area contributed by atoms with E-state index in [0.717, 1.165) is 0 Å². The highest BCUT2D eigenvalue weighted by Crippen LogP contribution is 2.15. The number of phenolic OH excluding ortho intramolecular Hbond substituents is 1. The first kappa shape index (κ1) is 14.0. The SMILES string of the molecule is CC(O)(CNC(=O)c1ccccc1O)CC(=O)O. The molecule has 0 aliphatic carbocycles. The lowest BCUT2D eigenvalue weighted by Gasteiger charge is -2.21. The van der Waals surface area contributed by atoms with Crippen molar-refractivity contribution in [1.29, 1.82) is 0 Å². The van der Waals surface area contributed by atoms with Crippen LogP contribution in [0.15, 0.2) is 24.3 Å². The molecule has 98 valence electrons. The van der Waals surface area contributed by atoms with E-state index >= 15 is 0 Å². The lowest BCUT2D eigenvalue weighted by atomic mass is 10.0. The number of carboxylic acid groups (broad SMARTS) is 1. The Hall–Kier alpha value is -2.08. The number of rotatable bonds is 5. The predicted octanol–water partition coefficient (Wildman–Crippen LogP) is 0.348. The topological polar surface area (TPSA) is 107 Å². The van der Waals surface area contributed by atoms with Crippen LogP contribution in [0.5, 0.6) is 5.75 Å². The third-order valence-electron chi connectivity index (χ3n) is 2.31. The van der Waals surface area contributed by atoms with Gasteiger partial charge >= 0.3 is 5.97 Å². The maximum Gasteiger partial charge on any atom is 0.306 e. The summed E-state index contributed by atoms with van der Waals surface area (Å²) in [6, 6.07) is 5.96. The van der Waals surface area contributed by atoms with Crippen molar-refractivity contribution < 1.29 is 24.9 Å². The van der Waals surface area contributed by atoms with Gasteiger partial charge in [-0.05, 0) is 19.1 Å². The fourth-order valence-corrected chi connectivity index (χ4v) is 1.42. The summed E-state index contributed by atoms with van der Waals surface area (Å²) in [5, 5.41) is 30.1.